The topological polar surface area (TPSA) is 173 Å². The highest BCUT2D eigenvalue weighted by molar-refractivity contribution is 6.14. The van der Waals surface area contributed by atoms with E-state index in [0.29, 0.717) is 52.3 Å². The average Bonchev–Trinajstić information content (AvgIpc) is 3.43. The first kappa shape index (κ1) is 22.2. The first-order valence-electron chi connectivity index (χ1n) is 11.6. The molecule has 36 heavy (non-hydrogen) atoms. The number of aromatic amines is 1. The molecule has 13 heteroatoms. The van der Waals surface area contributed by atoms with Gasteiger partial charge in [0, 0.05) is 30.9 Å². The van der Waals surface area contributed by atoms with Crippen LogP contribution in [0.2, 0.25) is 0 Å². The summed E-state index contributed by atoms with van der Waals surface area (Å²) in [4.78, 5) is 34.7. The molecular weight excluding hydrogens is 467 g/mol. The number of rotatable bonds is 6. The Morgan fingerprint density at radius 2 is 2.08 bits per heavy atom. The second-order valence-electron chi connectivity index (χ2n) is 9.25. The molecule has 4 aromatic rings. The lowest BCUT2D eigenvalue weighted by atomic mass is 10.0. The molecule has 6 rings (SSSR count). The summed E-state index contributed by atoms with van der Waals surface area (Å²) in [6, 6.07) is 2.89. The number of halogens is 1. The maximum absolute atomic E-state index is 14.6. The van der Waals surface area contributed by atoms with Crippen molar-refractivity contribution in [3.63, 3.8) is 0 Å². The summed E-state index contributed by atoms with van der Waals surface area (Å²) in [5, 5.41) is 7.40. The van der Waals surface area contributed by atoms with Gasteiger partial charge in [-0.05, 0) is 25.0 Å². The molecule has 12 nitrogen and oxygen atoms in total. The van der Waals surface area contributed by atoms with E-state index >= 15 is 0 Å². The van der Waals surface area contributed by atoms with Crippen LogP contribution in [0.3, 0.4) is 0 Å². The zero-order valence-corrected chi connectivity index (χ0v) is 19.5. The van der Waals surface area contributed by atoms with Crippen LogP contribution >= 0.6 is 0 Å². The number of carbonyl (C=O) groups excluding carboxylic acids is 1. The summed E-state index contributed by atoms with van der Waals surface area (Å²) in [7, 11) is 1.73. The number of carbonyl (C=O) groups is 1. The molecule has 1 saturated heterocycles. The van der Waals surface area contributed by atoms with E-state index in [2.05, 4.69) is 35.5 Å². The van der Waals surface area contributed by atoms with Crippen LogP contribution in [0.15, 0.2) is 24.5 Å². The van der Waals surface area contributed by atoms with Gasteiger partial charge in [0.1, 0.15) is 17.3 Å². The number of nitrogens with zero attached hydrogens (tertiary/aromatic N) is 5. The van der Waals surface area contributed by atoms with Gasteiger partial charge in [0.05, 0.1) is 41.6 Å². The van der Waals surface area contributed by atoms with Gasteiger partial charge in [0.25, 0.3) is 0 Å². The van der Waals surface area contributed by atoms with E-state index in [1.165, 1.54) is 24.5 Å². The minimum Gasteiger partial charge on any atom is -0.421 e. The molecule has 7 N–H and O–H groups in total. The molecule has 1 aliphatic carbocycles. The maximum Gasteiger partial charge on any atom is 0.326 e. The molecule has 2 aliphatic rings. The van der Waals surface area contributed by atoms with Crippen LogP contribution in [0.4, 0.5) is 21.8 Å². The Morgan fingerprint density at radius 3 is 2.78 bits per heavy atom. The average molecular weight is 493 g/mol. The number of hydrogen-bond acceptors (Lipinski definition) is 10. The molecule has 0 bridgehead atoms. The Hall–Kier alpha value is -4.26. The van der Waals surface area contributed by atoms with Crippen molar-refractivity contribution in [2.45, 2.75) is 18.9 Å². The molecule has 1 spiro atoms. The third-order valence-electron chi connectivity index (χ3n) is 6.97. The predicted molar refractivity (Wildman–Crippen MR) is 132 cm³/mol. The van der Waals surface area contributed by atoms with Crippen LogP contribution in [0.1, 0.15) is 12.8 Å². The summed E-state index contributed by atoms with van der Waals surface area (Å²) < 4.78 is 20.4. The summed E-state index contributed by atoms with van der Waals surface area (Å²) in [5.74, 6) is 0.447. The lowest BCUT2D eigenvalue weighted by Crippen LogP contribution is -2.44. The molecule has 1 saturated carbocycles. The van der Waals surface area contributed by atoms with Crippen LogP contribution < -0.4 is 31.7 Å². The highest BCUT2D eigenvalue weighted by Gasteiger charge is 2.56. The predicted octanol–water partition coefficient (Wildman–Crippen LogP) is 1.50. The summed E-state index contributed by atoms with van der Waals surface area (Å²) >= 11 is 0. The van der Waals surface area contributed by atoms with Crippen molar-refractivity contribution < 1.29 is 13.9 Å². The fourth-order valence-corrected chi connectivity index (χ4v) is 5.03. The Balaban J connectivity index is 1.49. The standard InChI is InChI=1S/C23H25FN10O2/c1-27-14-5-11(24)4-13-17-19(31-18(13)14)32-22(36-12-7-28-21(26)29-8-12)33-20(17)34-9-15(30-16(35)6-25)23(10-34)2-3-23/h4-5,7-8,15,27H,2-3,6,9-10,25H2,1H3,(H,30,35)(H2,26,28,29)(H,31,32,33)/t15-/m1/s1. The maximum atomic E-state index is 14.6. The van der Waals surface area contributed by atoms with E-state index in [9.17, 15) is 9.18 Å². The number of nitrogen functional groups attached to an aromatic ring is 1. The Morgan fingerprint density at radius 1 is 1.31 bits per heavy atom. The van der Waals surface area contributed by atoms with E-state index in [4.69, 9.17) is 21.2 Å². The monoisotopic (exact) mass is 492 g/mol. The van der Waals surface area contributed by atoms with E-state index in [1.807, 2.05) is 0 Å². The fourth-order valence-electron chi connectivity index (χ4n) is 5.03. The smallest absolute Gasteiger partial charge is 0.326 e. The number of nitrogens with one attached hydrogen (secondary N) is 3. The first-order chi connectivity index (χ1) is 17.4. The van der Waals surface area contributed by atoms with Gasteiger partial charge in [-0.3, -0.25) is 4.79 Å². The third kappa shape index (κ3) is 3.68. The molecular formula is C23H25FN10O2. The van der Waals surface area contributed by atoms with Gasteiger partial charge in [-0.2, -0.15) is 9.97 Å². The largest absolute Gasteiger partial charge is 0.421 e. The highest BCUT2D eigenvalue weighted by Crippen LogP contribution is 2.54. The van der Waals surface area contributed by atoms with Gasteiger partial charge in [0.15, 0.2) is 5.75 Å². The molecule has 1 aromatic carbocycles. The number of ether oxygens (including phenoxy) is 1. The number of anilines is 3. The lowest BCUT2D eigenvalue weighted by Gasteiger charge is -2.19. The number of aromatic nitrogens is 5. The highest BCUT2D eigenvalue weighted by atomic mass is 19.1. The van der Waals surface area contributed by atoms with Crippen molar-refractivity contribution in [1.29, 1.82) is 0 Å². The number of amides is 1. The zero-order chi connectivity index (χ0) is 25.0. The minimum absolute atomic E-state index is 0.0403. The van der Waals surface area contributed by atoms with Crippen molar-refractivity contribution in [3.8, 4) is 11.8 Å². The molecule has 1 amide bonds. The molecule has 4 heterocycles. The Bertz CT molecular complexity index is 1480. The number of benzene rings is 1. The van der Waals surface area contributed by atoms with Gasteiger partial charge < -0.3 is 36.7 Å². The number of nitrogens with two attached hydrogens (primary N) is 2. The summed E-state index contributed by atoms with van der Waals surface area (Å²) in [5.41, 5.74) is 12.9. The van der Waals surface area contributed by atoms with Crippen LogP contribution in [0.25, 0.3) is 21.9 Å². The Labute approximate surface area is 204 Å². The van der Waals surface area contributed by atoms with Gasteiger partial charge in [-0.1, -0.05) is 0 Å². The zero-order valence-electron chi connectivity index (χ0n) is 19.5. The molecule has 1 atom stereocenters. The van der Waals surface area contributed by atoms with Crippen molar-refractivity contribution in [2.75, 3.05) is 42.6 Å². The molecule has 0 radical (unpaired) electrons. The fraction of sp³-hybridized carbons (Fsp3) is 0.348. The number of hydrogen-bond donors (Lipinski definition) is 5. The molecule has 2 fully saturated rings. The number of fused-ring (bicyclic) bond motifs is 3. The molecule has 0 unspecified atom stereocenters. The van der Waals surface area contributed by atoms with Crippen LogP contribution in [-0.2, 0) is 4.79 Å². The van der Waals surface area contributed by atoms with E-state index in [0.717, 1.165) is 12.8 Å². The van der Waals surface area contributed by atoms with Crippen molar-refractivity contribution in [2.24, 2.45) is 11.1 Å². The minimum atomic E-state index is -0.383. The normalized spacial score (nSPS) is 18.2. The van der Waals surface area contributed by atoms with Crippen LogP contribution in [0.5, 0.6) is 11.8 Å². The van der Waals surface area contributed by atoms with Gasteiger partial charge in [-0.15, -0.1) is 0 Å². The van der Waals surface area contributed by atoms with Gasteiger partial charge in [-0.25, -0.2) is 14.4 Å². The summed E-state index contributed by atoms with van der Waals surface area (Å²) in [6.45, 7) is 1.14. The lowest BCUT2D eigenvalue weighted by molar-refractivity contribution is -0.120. The molecule has 186 valence electrons. The second-order valence-corrected chi connectivity index (χ2v) is 9.25. The van der Waals surface area contributed by atoms with Gasteiger partial charge >= 0.3 is 6.01 Å². The van der Waals surface area contributed by atoms with Gasteiger partial charge in [0.2, 0.25) is 11.9 Å². The van der Waals surface area contributed by atoms with E-state index < -0.39 is 0 Å². The van der Waals surface area contributed by atoms with E-state index in [-0.39, 0.29) is 41.7 Å². The van der Waals surface area contributed by atoms with Crippen molar-refractivity contribution >= 4 is 45.3 Å². The SMILES string of the molecule is CNc1cc(F)cc2c1[nH]c1nc(Oc3cnc(N)nc3)nc(N3C[C@@H](NC(=O)CN)C4(CC4)C3)c12. The van der Waals surface area contributed by atoms with E-state index in [1.54, 1.807) is 7.05 Å². The quantitative estimate of drug-likeness (QED) is 0.265. The first-order valence-corrected chi connectivity index (χ1v) is 11.6. The van der Waals surface area contributed by atoms with Crippen molar-refractivity contribution in [3.05, 3.63) is 30.3 Å². The Kier molecular flexibility index (Phi) is 5.03. The molecule has 1 aliphatic heterocycles. The summed E-state index contributed by atoms with van der Waals surface area (Å²) in [6.07, 6.45) is 4.85. The van der Waals surface area contributed by atoms with Crippen LogP contribution in [-0.4, -0.2) is 63.6 Å². The third-order valence-corrected chi connectivity index (χ3v) is 6.97. The molecule has 3 aromatic heterocycles. The number of H-pyrrole nitrogens is 1. The second kappa shape index (κ2) is 8.16. The van der Waals surface area contributed by atoms with Crippen molar-refractivity contribution in [1.82, 2.24) is 30.2 Å². The van der Waals surface area contributed by atoms with Crippen LogP contribution in [0, 0.1) is 11.2 Å².